The monoisotopic (exact) mass is 294 g/mol. The summed E-state index contributed by atoms with van der Waals surface area (Å²) in [7, 11) is 0. The number of nitrogens with one attached hydrogen (secondary N) is 2. The van der Waals surface area contributed by atoms with Crippen LogP contribution in [0, 0.1) is 6.92 Å². The first-order valence-electron chi connectivity index (χ1n) is 7.32. The Kier molecular flexibility index (Phi) is 3.83. The van der Waals surface area contributed by atoms with Crippen LogP contribution in [0.4, 0.5) is 11.4 Å². The van der Waals surface area contributed by atoms with Crippen LogP contribution in [0.15, 0.2) is 52.9 Å². The molecule has 0 fully saturated rings. The van der Waals surface area contributed by atoms with Crippen LogP contribution in [0.5, 0.6) is 0 Å². The van der Waals surface area contributed by atoms with Crippen molar-refractivity contribution in [2.75, 3.05) is 17.2 Å². The molecule has 2 aromatic carbocycles. The second kappa shape index (κ2) is 5.93. The number of hydrogen-bond donors (Lipinski definition) is 2. The summed E-state index contributed by atoms with van der Waals surface area (Å²) in [5, 5.41) is 7.07. The highest BCUT2D eigenvalue weighted by Crippen LogP contribution is 2.23. The number of furan rings is 1. The molecule has 0 saturated heterocycles. The average molecular weight is 294 g/mol. The number of carbonyl (C=O) groups is 1. The number of rotatable bonds is 4. The fourth-order valence-electron chi connectivity index (χ4n) is 2.40. The van der Waals surface area contributed by atoms with Gasteiger partial charge in [-0.2, -0.15) is 0 Å². The molecule has 0 unspecified atom stereocenters. The van der Waals surface area contributed by atoms with Crippen molar-refractivity contribution in [2.24, 2.45) is 0 Å². The average Bonchev–Trinajstić information content (AvgIpc) is 2.94. The van der Waals surface area contributed by atoms with Crippen molar-refractivity contribution in [3.05, 3.63) is 59.9 Å². The van der Waals surface area contributed by atoms with E-state index in [0.29, 0.717) is 11.3 Å². The van der Waals surface area contributed by atoms with Gasteiger partial charge in [-0.3, -0.25) is 4.79 Å². The van der Waals surface area contributed by atoms with E-state index in [1.165, 1.54) is 0 Å². The highest BCUT2D eigenvalue weighted by atomic mass is 16.3. The van der Waals surface area contributed by atoms with E-state index in [1.807, 2.05) is 56.3 Å². The smallest absolute Gasteiger partial charge is 0.291 e. The van der Waals surface area contributed by atoms with Crippen LogP contribution in [0.25, 0.3) is 11.0 Å². The van der Waals surface area contributed by atoms with Gasteiger partial charge in [0.25, 0.3) is 5.91 Å². The third-order valence-corrected chi connectivity index (χ3v) is 3.50. The predicted molar refractivity (Wildman–Crippen MR) is 89.5 cm³/mol. The number of benzene rings is 2. The number of carbonyl (C=O) groups excluding carboxylic acids is 1. The van der Waals surface area contributed by atoms with Gasteiger partial charge >= 0.3 is 0 Å². The summed E-state index contributed by atoms with van der Waals surface area (Å²) in [5.74, 6) is 0.0758. The lowest BCUT2D eigenvalue weighted by molar-refractivity contribution is 0.0998. The Morgan fingerprint density at radius 1 is 1.14 bits per heavy atom. The molecule has 0 spiro atoms. The van der Waals surface area contributed by atoms with Crippen LogP contribution in [0.2, 0.25) is 0 Å². The van der Waals surface area contributed by atoms with Gasteiger partial charge < -0.3 is 15.1 Å². The zero-order valence-corrected chi connectivity index (χ0v) is 12.6. The van der Waals surface area contributed by atoms with Crippen LogP contribution in [0.3, 0.4) is 0 Å². The largest absolute Gasteiger partial charge is 0.451 e. The zero-order valence-electron chi connectivity index (χ0n) is 12.6. The molecule has 2 N–H and O–H groups in total. The number of amides is 1. The van der Waals surface area contributed by atoms with Crippen LogP contribution >= 0.6 is 0 Å². The van der Waals surface area contributed by atoms with Gasteiger partial charge in [0, 0.05) is 23.3 Å². The van der Waals surface area contributed by atoms with Crippen LogP contribution < -0.4 is 10.6 Å². The molecule has 0 saturated carbocycles. The van der Waals surface area contributed by atoms with Crippen molar-refractivity contribution in [2.45, 2.75) is 13.8 Å². The maximum Gasteiger partial charge on any atom is 0.291 e. The first kappa shape index (κ1) is 14.2. The summed E-state index contributed by atoms with van der Waals surface area (Å²) in [5.41, 5.74) is 3.55. The highest BCUT2D eigenvalue weighted by molar-refractivity contribution is 6.05. The Labute approximate surface area is 129 Å². The zero-order chi connectivity index (χ0) is 15.5. The van der Waals surface area contributed by atoms with Gasteiger partial charge in [0.15, 0.2) is 5.76 Å². The molecule has 1 heterocycles. The Bertz CT molecular complexity index is 788. The van der Waals surface area contributed by atoms with Gasteiger partial charge in [-0.25, -0.2) is 0 Å². The minimum atomic E-state index is -0.240. The van der Waals surface area contributed by atoms with E-state index >= 15 is 0 Å². The Morgan fingerprint density at radius 2 is 1.95 bits per heavy atom. The third kappa shape index (κ3) is 2.81. The van der Waals surface area contributed by atoms with E-state index in [9.17, 15) is 4.79 Å². The number of para-hydroxylation sites is 1. The molecule has 112 valence electrons. The van der Waals surface area contributed by atoms with Crippen molar-refractivity contribution in [1.82, 2.24) is 0 Å². The molecule has 0 radical (unpaired) electrons. The van der Waals surface area contributed by atoms with E-state index < -0.39 is 0 Å². The number of anilines is 2. The summed E-state index contributed by atoms with van der Waals surface area (Å²) in [6.45, 7) is 4.88. The van der Waals surface area contributed by atoms with E-state index in [4.69, 9.17) is 4.42 Å². The van der Waals surface area contributed by atoms with Gasteiger partial charge in [-0.05, 0) is 49.7 Å². The maximum atomic E-state index is 12.3. The summed E-state index contributed by atoms with van der Waals surface area (Å²) in [6, 6.07) is 15.2. The molecule has 3 aromatic rings. The van der Waals surface area contributed by atoms with Crippen molar-refractivity contribution >= 4 is 28.3 Å². The van der Waals surface area contributed by atoms with Gasteiger partial charge in [0.1, 0.15) is 5.58 Å². The molecule has 22 heavy (non-hydrogen) atoms. The molecule has 4 heteroatoms. The lowest BCUT2D eigenvalue weighted by atomic mass is 10.1. The van der Waals surface area contributed by atoms with Gasteiger partial charge in [0.2, 0.25) is 0 Å². The van der Waals surface area contributed by atoms with Crippen molar-refractivity contribution in [3.63, 3.8) is 0 Å². The molecule has 0 aliphatic heterocycles. The van der Waals surface area contributed by atoms with Crippen molar-refractivity contribution in [3.8, 4) is 0 Å². The van der Waals surface area contributed by atoms with Gasteiger partial charge in [-0.1, -0.05) is 18.2 Å². The van der Waals surface area contributed by atoms with E-state index in [0.717, 1.165) is 28.9 Å². The summed E-state index contributed by atoms with van der Waals surface area (Å²) < 4.78 is 5.58. The van der Waals surface area contributed by atoms with E-state index in [2.05, 4.69) is 10.6 Å². The summed E-state index contributed by atoms with van der Waals surface area (Å²) in [4.78, 5) is 12.3. The standard InChI is InChI=1S/C18H18N2O2/c1-3-19-14-8-9-15(12(2)10-14)20-18(21)17-11-13-6-4-5-7-16(13)22-17/h4-11,19H,3H2,1-2H3,(H,20,21). The second-order valence-corrected chi connectivity index (χ2v) is 5.16. The van der Waals surface area contributed by atoms with Crippen LogP contribution in [-0.4, -0.2) is 12.5 Å². The fourth-order valence-corrected chi connectivity index (χ4v) is 2.40. The minimum Gasteiger partial charge on any atom is -0.451 e. The summed E-state index contributed by atoms with van der Waals surface area (Å²) in [6.07, 6.45) is 0. The normalized spacial score (nSPS) is 10.6. The molecule has 3 rings (SSSR count). The van der Waals surface area contributed by atoms with Crippen LogP contribution in [0.1, 0.15) is 23.0 Å². The Balaban J connectivity index is 1.81. The van der Waals surface area contributed by atoms with E-state index in [1.54, 1.807) is 6.07 Å². The highest BCUT2D eigenvalue weighted by Gasteiger charge is 2.13. The first-order valence-corrected chi connectivity index (χ1v) is 7.32. The Morgan fingerprint density at radius 3 is 2.68 bits per heavy atom. The predicted octanol–water partition coefficient (Wildman–Crippen LogP) is 4.43. The molecule has 1 amide bonds. The van der Waals surface area contributed by atoms with Crippen LogP contribution in [-0.2, 0) is 0 Å². The molecule has 4 nitrogen and oxygen atoms in total. The number of hydrogen-bond acceptors (Lipinski definition) is 3. The molecule has 0 aliphatic rings. The molecule has 0 aliphatic carbocycles. The quantitative estimate of drug-likeness (QED) is 0.748. The fraction of sp³-hybridized carbons (Fsp3) is 0.167. The summed E-state index contributed by atoms with van der Waals surface area (Å²) >= 11 is 0. The van der Waals surface area contributed by atoms with Gasteiger partial charge in [0.05, 0.1) is 0 Å². The SMILES string of the molecule is CCNc1ccc(NC(=O)c2cc3ccccc3o2)c(C)c1. The van der Waals surface area contributed by atoms with E-state index in [-0.39, 0.29) is 5.91 Å². The number of fused-ring (bicyclic) bond motifs is 1. The van der Waals surface area contributed by atoms with Crippen molar-refractivity contribution < 1.29 is 9.21 Å². The molecular formula is C18H18N2O2. The molecular weight excluding hydrogens is 276 g/mol. The minimum absolute atomic E-state index is 0.240. The maximum absolute atomic E-state index is 12.3. The van der Waals surface area contributed by atoms with Crippen molar-refractivity contribution in [1.29, 1.82) is 0 Å². The van der Waals surface area contributed by atoms with Gasteiger partial charge in [-0.15, -0.1) is 0 Å². The molecule has 1 aromatic heterocycles. The number of aryl methyl sites for hydroxylation is 1. The third-order valence-electron chi connectivity index (χ3n) is 3.50. The molecule has 0 atom stereocenters. The first-order chi connectivity index (χ1) is 10.7. The Hall–Kier alpha value is -2.75. The topological polar surface area (TPSA) is 54.3 Å². The lowest BCUT2D eigenvalue weighted by Crippen LogP contribution is -2.12. The lowest BCUT2D eigenvalue weighted by Gasteiger charge is -2.10. The molecule has 0 bridgehead atoms. The second-order valence-electron chi connectivity index (χ2n) is 5.16.